The highest BCUT2D eigenvalue weighted by Gasteiger charge is 2.16. The molecule has 2 aliphatic heterocycles. The minimum Gasteiger partial charge on any atom is -0.307 e. The molecule has 2 aromatic rings. The molecule has 0 spiro atoms. The van der Waals surface area contributed by atoms with Gasteiger partial charge in [-0.25, -0.2) is 9.59 Å². The maximum Gasteiger partial charge on any atom is 0.330 e. The summed E-state index contributed by atoms with van der Waals surface area (Å²) in [6.45, 7) is 0. The van der Waals surface area contributed by atoms with E-state index in [0.717, 1.165) is 28.9 Å². The Morgan fingerprint density at radius 2 is 1.00 bits per heavy atom. The van der Waals surface area contributed by atoms with E-state index in [1.165, 1.54) is 9.80 Å². The van der Waals surface area contributed by atoms with Crippen LogP contribution in [0.1, 0.15) is 11.1 Å². The zero-order valence-electron chi connectivity index (χ0n) is 13.3. The van der Waals surface area contributed by atoms with Gasteiger partial charge in [0, 0.05) is 36.2 Å². The Labute approximate surface area is 145 Å². The molecule has 2 heterocycles. The number of carbonyl (C=O) groups is 2. The van der Waals surface area contributed by atoms with Gasteiger partial charge in [0.15, 0.2) is 0 Å². The van der Waals surface area contributed by atoms with E-state index in [1.807, 2.05) is 48.5 Å². The second-order valence-corrected chi connectivity index (χ2v) is 5.84. The van der Waals surface area contributed by atoms with Crippen molar-refractivity contribution >= 4 is 23.4 Å². The molecule has 124 valence electrons. The lowest BCUT2D eigenvalue weighted by Gasteiger charge is -2.08. The summed E-state index contributed by atoms with van der Waals surface area (Å²) in [5, 5.41) is 5.62. The first-order valence-electron chi connectivity index (χ1n) is 7.90. The van der Waals surface area contributed by atoms with Crippen molar-refractivity contribution in [1.29, 1.82) is 0 Å². The predicted octanol–water partition coefficient (Wildman–Crippen LogP) is 3.91. The van der Waals surface area contributed by atoms with Crippen LogP contribution in [0.3, 0.4) is 0 Å². The fourth-order valence-electron chi connectivity index (χ4n) is 2.36. The maximum absolute atomic E-state index is 11.6. The van der Waals surface area contributed by atoms with Crippen LogP contribution in [0, 0.1) is 0 Å². The zero-order chi connectivity index (χ0) is 17.2. The van der Waals surface area contributed by atoms with Crippen LogP contribution in [0.4, 0.5) is 21.0 Å². The lowest BCUT2D eigenvalue weighted by molar-refractivity contribution is 0.243. The molecule has 2 aliphatic rings. The molecular formula is C19H16N4O2. The highest BCUT2D eigenvalue weighted by atomic mass is 16.2. The standard InChI is InChI=1S/C19H16N4O2/c24-18(22-9-10-22)20-16-5-1-14(2-6-16)13-15-3-7-17(8-4-15)21-19(25)23-11-12-23/h1-12H,13H2,(H,20,24)(H,21,25). The Bertz CT molecular complexity index is 784. The van der Waals surface area contributed by atoms with Crippen molar-refractivity contribution in [1.82, 2.24) is 9.80 Å². The zero-order valence-corrected chi connectivity index (χ0v) is 13.3. The molecule has 25 heavy (non-hydrogen) atoms. The molecule has 0 saturated carbocycles. The number of rotatable bonds is 4. The maximum atomic E-state index is 11.6. The third kappa shape index (κ3) is 3.87. The monoisotopic (exact) mass is 332 g/mol. The number of nitrogens with zero attached hydrogens (tertiary/aromatic N) is 2. The molecule has 0 aromatic heterocycles. The van der Waals surface area contributed by atoms with Crippen molar-refractivity contribution in [2.45, 2.75) is 6.42 Å². The van der Waals surface area contributed by atoms with Gasteiger partial charge < -0.3 is 10.6 Å². The summed E-state index contributed by atoms with van der Waals surface area (Å²) in [5.74, 6) is 0. The number of anilines is 2. The molecule has 0 aliphatic carbocycles. The lowest BCUT2D eigenvalue weighted by atomic mass is 10.0. The van der Waals surface area contributed by atoms with Crippen LogP contribution < -0.4 is 10.6 Å². The Kier molecular flexibility index (Phi) is 3.70. The van der Waals surface area contributed by atoms with Crippen LogP contribution in [0.2, 0.25) is 0 Å². The molecule has 0 radical (unpaired) electrons. The number of urea groups is 2. The van der Waals surface area contributed by atoms with E-state index in [4.69, 9.17) is 0 Å². The SMILES string of the molecule is O=C(Nc1ccc(Cc2ccc(NC(=O)N3C=C3)cc2)cc1)N1C=C1. The van der Waals surface area contributed by atoms with Crippen molar-refractivity contribution in [3.63, 3.8) is 0 Å². The van der Waals surface area contributed by atoms with Crippen molar-refractivity contribution in [3.8, 4) is 0 Å². The molecule has 6 heteroatoms. The summed E-state index contributed by atoms with van der Waals surface area (Å²) in [4.78, 5) is 26.2. The second kappa shape index (κ2) is 6.16. The molecule has 0 atom stereocenters. The quantitative estimate of drug-likeness (QED) is 0.891. The highest BCUT2D eigenvalue weighted by molar-refractivity contribution is 5.93. The number of hydrogen-bond acceptors (Lipinski definition) is 2. The lowest BCUT2D eigenvalue weighted by Crippen LogP contribution is -2.18. The molecule has 4 rings (SSSR count). The van der Waals surface area contributed by atoms with Gasteiger partial charge in [0.2, 0.25) is 0 Å². The Hall–Kier alpha value is -3.54. The first-order valence-corrected chi connectivity index (χ1v) is 7.90. The van der Waals surface area contributed by atoms with Gasteiger partial charge in [-0.2, -0.15) is 0 Å². The Morgan fingerprint density at radius 3 is 1.32 bits per heavy atom. The second-order valence-electron chi connectivity index (χ2n) is 5.84. The summed E-state index contributed by atoms with van der Waals surface area (Å²) in [6.07, 6.45) is 7.59. The number of hydrogen-bond donors (Lipinski definition) is 2. The third-order valence-corrected chi connectivity index (χ3v) is 3.88. The van der Waals surface area contributed by atoms with Gasteiger partial charge in [0.1, 0.15) is 0 Å². The predicted molar refractivity (Wildman–Crippen MR) is 95.7 cm³/mol. The van der Waals surface area contributed by atoms with Gasteiger partial charge >= 0.3 is 12.1 Å². The molecule has 2 aromatic carbocycles. The van der Waals surface area contributed by atoms with Gasteiger partial charge in [0.25, 0.3) is 0 Å². The van der Waals surface area contributed by atoms with Crippen molar-refractivity contribution < 1.29 is 9.59 Å². The van der Waals surface area contributed by atoms with E-state index in [9.17, 15) is 9.59 Å². The van der Waals surface area contributed by atoms with E-state index in [0.29, 0.717) is 0 Å². The summed E-state index contributed by atoms with van der Waals surface area (Å²) in [7, 11) is 0. The summed E-state index contributed by atoms with van der Waals surface area (Å²) < 4.78 is 0. The number of carbonyl (C=O) groups excluding carboxylic acids is 2. The number of amides is 4. The fraction of sp³-hybridized carbons (Fsp3) is 0.0526. The first-order chi connectivity index (χ1) is 12.2. The van der Waals surface area contributed by atoms with Gasteiger partial charge in [-0.15, -0.1) is 0 Å². The summed E-state index contributed by atoms with van der Waals surface area (Å²) >= 11 is 0. The minimum atomic E-state index is -0.150. The topological polar surface area (TPSA) is 64.2 Å². The van der Waals surface area contributed by atoms with E-state index in [-0.39, 0.29) is 12.1 Å². The molecule has 0 fully saturated rings. The third-order valence-electron chi connectivity index (χ3n) is 3.88. The van der Waals surface area contributed by atoms with Crippen LogP contribution in [-0.2, 0) is 6.42 Å². The smallest absolute Gasteiger partial charge is 0.307 e. The normalized spacial score (nSPS) is 13.6. The Morgan fingerprint density at radius 1 is 0.640 bits per heavy atom. The molecule has 0 bridgehead atoms. The summed E-state index contributed by atoms with van der Waals surface area (Å²) in [6, 6.07) is 15.2. The van der Waals surface area contributed by atoms with E-state index >= 15 is 0 Å². The number of benzene rings is 2. The van der Waals surface area contributed by atoms with Gasteiger partial charge in [-0.3, -0.25) is 9.80 Å². The van der Waals surface area contributed by atoms with Crippen molar-refractivity contribution in [2.75, 3.05) is 10.6 Å². The van der Waals surface area contributed by atoms with E-state index < -0.39 is 0 Å². The van der Waals surface area contributed by atoms with Crippen LogP contribution in [0.15, 0.2) is 73.3 Å². The van der Waals surface area contributed by atoms with Crippen LogP contribution in [0.5, 0.6) is 0 Å². The van der Waals surface area contributed by atoms with Crippen LogP contribution >= 0.6 is 0 Å². The van der Waals surface area contributed by atoms with Crippen LogP contribution in [-0.4, -0.2) is 21.9 Å². The average molecular weight is 332 g/mol. The molecule has 2 N–H and O–H groups in total. The minimum absolute atomic E-state index is 0.150. The molecule has 4 amide bonds. The van der Waals surface area contributed by atoms with E-state index in [2.05, 4.69) is 10.6 Å². The molecule has 6 nitrogen and oxygen atoms in total. The van der Waals surface area contributed by atoms with Crippen molar-refractivity contribution in [2.24, 2.45) is 0 Å². The van der Waals surface area contributed by atoms with Crippen LogP contribution in [0.25, 0.3) is 0 Å². The van der Waals surface area contributed by atoms with E-state index in [1.54, 1.807) is 24.8 Å². The number of nitrogens with one attached hydrogen (secondary N) is 2. The summed E-state index contributed by atoms with van der Waals surface area (Å²) in [5.41, 5.74) is 3.83. The Balaban J connectivity index is 1.33. The molecular weight excluding hydrogens is 316 g/mol. The van der Waals surface area contributed by atoms with Gasteiger partial charge in [-0.1, -0.05) is 24.3 Å². The average Bonchev–Trinajstić information content (AvgIpc) is 3.50. The van der Waals surface area contributed by atoms with Gasteiger partial charge in [-0.05, 0) is 41.8 Å². The highest BCUT2D eigenvalue weighted by Crippen LogP contribution is 2.18. The molecule has 0 unspecified atom stereocenters. The first kappa shape index (κ1) is 15.0. The van der Waals surface area contributed by atoms with Crippen molar-refractivity contribution in [3.05, 3.63) is 84.5 Å². The molecule has 0 saturated heterocycles. The fourth-order valence-corrected chi connectivity index (χ4v) is 2.36. The largest absolute Gasteiger partial charge is 0.330 e. The van der Waals surface area contributed by atoms with Gasteiger partial charge in [0.05, 0.1) is 0 Å².